The molecule has 4 heteroatoms. The van der Waals surface area contributed by atoms with Gasteiger partial charge in [-0.3, -0.25) is 9.59 Å². The molecule has 4 nitrogen and oxygen atoms in total. The summed E-state index contributed by atoms with van der Waals surface area (Å²) in [6.45, 7) is 2.54. The van der Waals surface area contributed by atoms with E-state index in [1.165, 1.54) is 5.56 Å². The maximum atomic E-state index is 13.1. The molecule has 2 aliphatic rings. The van der Waals surface area contributed by atoms with Crippen molar-refractivity contribution in [1.29, 1.82) is 0 Å². The van der Waals surface area contributed by atoms with E-state index < -0.39 is 0 Å². The topological polar surface area (TPSA) is 40.6 Å². The molecule has 2 aromatic rings. The predicted octanol–water partition coefficient (Wildman–Crippen LogP) is 3.02. The van der Waals surface area contributed by atoms with Gasteiger partial charge in [0, 0.05) is 30.4 Å². The Bertz CT molecular complexity index is 787. The normalized spacial score (nSPS) is 22.8. The van der Waals surface area contributed by atoms with Gasteiger partial charge in [0.25, 0.3) is 0 Å². The number of benzene rings is 2. The summed E-state index contributed by atoms with van der Waals surface area (Å²) in [5, 5.41) is 0. The highest BCUT2D eigenvalue weighted by Gasteiger charge is 2.40. The zero-order chi connectivity index (χ0) is 16.7. The fourth-order valence-electron chi connectivity index (χ4n) is 3.83. The molecular formula is C20H20N2O2. The van der Waals surface area contributed by atoms with Gasteiger partial charge < -0.3 is 9.80 Å². The maximum Gasteiger partial charge on any atom is 0.232 e. The molecule has 2 amide bonds. The van der Waals surface area contributed by atoms with Gasteiger partial charge in [0.15, 0.2) is 0 Å². The lowest BCUT2D eigenvalue weighted by atomic mass is 10.1. The van der Waals surface area contributed by atoms with Gasteiger partial charge in [-0.15, -0.1) is 0 Å². The number of nitrogens with zero attached hydrogens (tertiary/aromatic N) is 2. The van der Waals surface area contributed by atoms with Crippen LogP contribution in [-0.4, -0.2) is 24.4 Å². The molecule has 1 saturated heterocycles. The number of carbonyl (C=O) groups excluding carboxylic acids is 2. The molecule has 0 radical (unpaired) electrons. The lowest BCUT2D eigenvalue weighted by Gasteiger charge is -2.26. The van der Waals surface area contributed by atoms with Gasteiger partial charge in [-0.25, -0.2) is 0 Å². The Kier molecular flexibility index (Phi) is 3.60. The molecule has 0 saturated carbocycles. The van der Waals surface area contributed by atoms with E-state index in [4.69, 9.17) is 0 Å². The average molecular weight is 320 g/mol. The molecule has 4 rings (SSSR count). The fraction of sp³-hybridized carbons (Fsp3) is 0.300. The Morgan fingerprint density at radius 3 is 2.50 bits per heavy atom. The van der Waals surface area contributed by atoms with Crippen LogP contribution in [0.1, 0.15) is 18.9 Å². The minimum absolute atomic E-state index is 0.0275. The molecule has 0 unspecified atom stereocenters. The van der Waals surface area contributed by atoms with Crippen molar-refractivity contribution in [3.05, 3.63) is 60.2 Å². The predicted molar refractivity (Wildman–Crippen MR) is 94.0 cm³/mol. The van der Waals surface area contributed by atoms with Crippen molar-refractivity contribution < 1.29 is 9.59 Å². The smallest absolute Gasteiger partial charge is 0.232 e. The van der Waals surface area contributed by atoms with E-state index in [0.717, 1.165) is 17.8 Å². The summed E-state index contributed by atoms with van der Waals surface area (Å²) in [4.78, 5) is 29.1. The molecule has 24 heavy (non-hydrogen) atoms. The molecule has 2 aliphatic heterocycles. The van der Waals surface area contributed by atoms with E-state index >= 15 is 0 Å². The Hall–Kier alpha value is -2.62. The second-order valence-corrected chi connectivity index (χ2v) is 6.63. The summed E-state index contributed by atoms with van der Waals surface area (Å²) in [6, 6.07) is 17.8. The Morgan fingerprint density at radius 2 is 1.71 bits per heavy atom. The molecule has 2 heterocycles. The third kappa shape index (κ3) is 2.39. The van der Waals surface area contributed by atoms with Gasteiger partial charge in [0.05, 0.1) is 5.92 Å². The van der Waals surface area contributed by atoms with Gasteiger partial charge >= 0.3 is 0 Å². The quantitative estimate of drug-likeness (QED) is 0.853. The number of para-hydroxylation sites is 2. The first kappa shape index (κ1) is 14.9. The van der Waals surface area contributed by atoms with Crippen molar-refractivity contribution in [3.63, 3.8) is 0 Å². The first-order valence-electron chi connectivity index (χ1n) is 8.41. The maximum absolute atomic E-state index is 13.1. The van der Waals surface area contributed by atoms with Crippen LogP contribution in [0.5, 0.6) is 0 Å². The summed E-state index contributed by atoms with van der Waals surface area (Å²) < 4.78 is 0. The van der Waals surface area contributed by atoms with Gasteiger partial charge in [-0.05, 0) is 37.1 Å². The van der Waals surface area contributed by atoms with Crippen LogP contribution < -0.4 is 9.80 Å². The van der Waals surface area contributed by atoms with Crippen molar-refractivity contribution in [3.8, 4) is 0 Å². The van der Waals surface area contributed by atoms with Crippen LogP contribution in [-0.2, 0) is 16.0 Å². The van der Waals surface area contributed by atoms with Crippen LogP contribution in [0, 0.1) is 5.92 Å². The highest BCUT2D eigenvalue weighted by Crippen LogP contribution is 2.35. The summed E-state index contributed by atoms with van der Waals surface area (Å²) in [5.74, 6) is -0.176. The SMILES string of the molecule is C[C@H]1Cc2ccccc2N1C(=O)[C@@H]1CC(=O)N(c2ccccc2)C1. The van der Waals surface area contributed by atoms with Crippen molar-refractivity contribution in [2.75, 3.05) is 16.3 Å². The van der Waals surface area contributed by atoms with E-state index in [1.54, 1.807) is 4.90 Å². The van der Waals surface area contributed by atoms with Gasteiger partial charge in [0.2, 0.25) is 11.8 Å². The molecule has 122 valence electrons. The average Bonchev–Trinajstić information content (AvgIpc) is 3.14. The highest BCUT2D eigenvalue weighted by molar-refractivity contribution is 6.05. The largest absolute Gasteiger partial charge is 0.312 e. The minimum atomic E-state index is -0.272. The van der Waals surface area contributed by atoms with Crippen molar-refractivity contribution in [2.45, 2.75) is 25.8 Å². The summed E-state index contributed by atoms with van der Waals surface area (Å²) >= 11 is 0. The van der Waals surface area contributed by atoms with Crippen LogP contribution >= 0.6 is 0 Å². The molecule has 0 bridgehead atoms. The van der Waals surface area contributed by atoms with E-state index in [9.17, 15) is 9.59 Å². The third-order valence-corrected chi connectivity index (χ3v) is 4.99. The Morgan fingerprint density at radius 1 is 1.00 bits per heavy atom. The highest BCUT2D eigenvalue weighted by atomic mass is 16.2. The Labute approximate surface area is 141 Å². The number of rotatable bonds is 2. The van der Waals surface area contributed by atoms with E-state index in [2.05, 4.69) is 13.0 Å². The van der Waals surface area contributed by atoms with Crippen LogP contribution in [0.2, 0.25) is 0 Å². The summed E-state index contributed by atoms with van der Waals surface area (Å²) in [5.41, 5.74) is 3.08. The fourth-order valence-corrected chi connectivity index (χ4v) is 3.83. The number of carbonyl (C=O) groups is 2. The first-order chi connectivity index (χ1) is 11.6. The zero-order valence-electron chi connectivity index (χ0n) is 13.7. The van der Waals surface area contributed by atoms with E-state index in [-0.39, 0.29) is 23.8 Å². The van der Waals surface area contributed by atoms with Gasteiger partial charge in [-0.1, -0.05) is 36.4 Å². The van der Waals surface area contributed by atoms with Gasteiger partial charge in [0.1, 0.15) is 0 Å². The first-order valence-corrected chi connectivity index (χ1v) is 8.41. The van der Waals surface area contributed by atoms with Crippen LogP contribution in [0.4, 0.5) is 11.4 Å². The molecule has 0 N–H and O–H groups in total. The van der Waals surface area contributed by atoms with Crippen molar-refractivity contribution >= 4 is 23.2 Å². The van der Waals surface area contributed by atoms with Gasteiger partial charge in [-0.2, -0.15) is 0 Å². The second-order valence-electron chi connectivity index (χ2n) is 6.63. The molecular weight excluding hydrogens is 300 g/mol. The molecule has 0 aromatic heterocycles. The molecule has 0 aliphatic carbocycles. The van der Waals surface area contributed by atoms with E-state index in [0.29, 0.717) is 13.0 Å². The second kappa shape index (κ2) is 5.78. The molecule has 1 fully saturated rings. The lowest BCUT2D eigenvalue weighted by Crippen LogP contribution is -2.41. The summed E-state index contributed by atoms with van der Waals surface area (Å²) in [7, 11) is 0. The van der Waals surface area contributed by atoms with E-state index in [1.807, 2.05) is 53.4 Å². The monoisotopic (exact) mass is 320 g/mol. The molecule has 2 aromatic carbocycles. The summed E-state index contributed by atoms with van der Waals surface area (Å²) in [6.07, 6.45) is 1.17. The third-order valence-electron chi connectivity index (χ3n) is 4.99. The zero-order valence-corrected chi connectivity index (χ0v) is 13.7. The lowest BCUT2D eigenvalue weighted by molar-refractivity contribution is -0.124. The number of hydrogen-bond acceptors (Lipinski definition) is 2. The number of fused-ring (bicyclic) bond motifs is 1. The van der Waals surface area contributed by atoms with Crippen LogP contribution in [0.3, 0.4) is 0 Å². The Balaban J connectivity index is 1.57. The van der Waals surface area contributed by atoms with Crippen LogP contribution in [0.15, 0.2) is 54.6 Å². The number of amides is 2. The van der Waals surface area contributed by atoms with Crippen LogP contribution in [0.25, 0.3) is 0 Å². The molecule has 2 atom stereocenters. The van der Waals surface area contributed by atoms with Crippen molar-refractivity contribution in [1.82, 2.24) is 0 Å². The number of hydrogen-bond donors (Lipinski definition) is 0. The number of anilines is 2. The standard InChI is InChI=1S/C20H20N2O2/c1-14-11-15-7-5-6-10-18(15)22(14)20(24)16-12-19(23)21(13-16)17-8-3-2-4-9-17/h2-10,14,16H,11-13H2,1H3/t14-,16+/m0/s1. The minimum Gasteiger partial charge on any atom is -0.312 e. The van der Waals surface area contributed by atoms with Crippen molar-refractivity contribution in [2.24, 2.45) is 5.92 Å². The molecule has 0 spiro atoms.